The third kappa shape index (κ3) is 5.21. The number of ether oxygens (including phenoxy) is 3. The Kier molecular flexibility index (Phi) is 7.19. The van der Waals surface area contributed by atoms with Gasteiger partial charge in [0.15, 0.2) is 0 Å². The summed E-state index contributed by atoms with van der Waals surface area (Å²) in [7, 11) is 1.37. The molecule has 0 saturated heterocycles. The van der Waals surface area contributed by atoms with Crippen LogP contribution < -0.4 is 9.47 Å². The van der Waals surface area contributed by atoms with Gasteiger partial charge in [-0.3, -0.25) is 0 Å². The summed E-state index contributed by atoms with van der Waals surface area (Å²) in [6.07, 6.45) is 3.37. The molecule has 1 fully saturated rings. The van der Waals surface area contributed by atoms with Gasteiger partial charge in [0.2, 0.25) is 0 Å². The predicted octanol–water partition coefficient (Wildman–Crippen LogP) is 8.61. The molecule has 0 unspecified atom stereocenters. The molecule has 2 aliphatic rings. The van der Waals surface area contributed by atoms with Crippen molar-refractivity contribution < 1.29 is 23.5 Å². The molecule has 200 valence electrons. The predicted molar refractivity (Wildman–Crippen MR) is 149 cm³/mol. The number of hydrogen-bond donors (Lipinski definition) is 0. The van der Waals surface area contributed by atoms with Gasteiger partial charge in [-0.2, -0.15) is 0 Å². The number of aryl methyl sites for hydroxylation is 1. The number of hydrogen-bond acceptors (Lipinski definition) is 6. The van der Waals surface area contributed by atoms with E-state index in [4.69, 9.17) is 53.5 Å². The number of esters is 1. The van der Waals surface area contributed by atoms with Crippen LogP contribution in [0.1, 0.15) is 64.1 Å². The van der Waals surface area contributed by atoms with Gasteiger partial charge in [0.05, 0.1) is 33.3 Å². The van der Waals surface area contributed by atoms with E-state index < -0.39 is 0 Å². The van der Waals surface area contributed by atoms with Gasteiger partial charge in [-0.25, -0.2) is 4.79 Å². The van der Waals surface area contributed by atoms with Crippen LogP contribution in [-0.2, 0) is 17.8 Å². The highest BCUT2D eigenvalue weighted by Gasteiger charge is 2.34. The minimum absolute atomic E-state index is 0.212. The van der Waals surface area contributed by atoms with Crippen LogP contribution in [0, 0.1) is 0 Å². The average Bonchev–Trinajstić information content (AvgIpc) is 3.71. The van der Waals surface area contributed by atoms with Crippen LogP contribution in [0.25, 0.3) is 11.3 Å². The Morgan fingerprint density at radius 3 is 2.51 bits per heavy atom. The lowest BCUT2D eigenvalue weighted by atomic mass is 9.96. The summed E-state index contributed by atoms with van der Waals surface area (Å²) in [5.41, 5.74) is 4.43. The molecule has 1 aromatic heterocycles. The summed E-state index contributed by atoms with van der Waals surface area (Å²) >= 11 is 19.7. The number of carbonyl (C=O) groups is 1. The SMILES string of the molecule is COC(=O)c1ccc2c(c1)CC[C@H](c1ccc(OCc3c(-c4c(Cl)cccc4Cl)noc3C3CC3)cc1Cl)O2. The van der Waals surface area contributed by atoms with E-state index in [-0.39, 0.29) is 18.7 Å². The third-order valence-electron chi connectivity index (χ3n) is 7.09. The fourth-order valence-electron chi connectivity index (χ4n) is 4.91. The second-order valence-electron chi connectivity index (χ2n) is 9.68. The zero-order chi connectivity index (χ0) is 27.1. The van der Waals surface area contributed by atoms with Crippen LogP contribution in [0.15, 0.2) is 59.1 Å². The van der Waals surface area contributed by atoms with Gasteiger partial charge < -0.3 is 18.7 Å². The topological polar surface area (TPSA) is 70.8 Å². The highest BCUT2D eigenvalue weighted by molar-refractivity contribution is 6.39. The van der Waals surface area contributed by atoms with Gasteiger partial charge in [0.25, 0.3) is 0 Å². The quantitative estimate of drug-likeness (QED) is 0.203. The largest absolute Gasteiger partial charge is 0.489 e. The van der Waals surface area contributed by atoms with Crippen LogP contribution in [0.2, 0.25) is 15.1 Å². The Morgan fingerprint density at radius 1 is 1.00 bits per heavy atom. The van der Waals surface area contributed by atoms with Crippen molar-refractivity contribution in [3.63, 3.8) is 0 Å². The van der Waals surface area contributed by atoms with Crippen molar-refractivity contribution in [2.24, 2.45) is 0 Å². The maximum atomic E-state index is 11.9. The van der Waals surface area contributed by atoms with Gasteiger partial charge in [-0.1, -0.05) is 52.1 Å². The molecule has 0 amide bonds. The first-order valence-corrected chi connectivity index (χ1v) is 13.8. The number of methoxy groups -OCH3 is 1. The Hall–Kier alpha value is -3.19. The molecule has 1 saturated carbocycles. The fraction of sp³-hybridized carbons (Fsp3) is 0.267. The van der Waals surface area contributed by atoms with Crippen molar-refractivity contribution in [3.8, 4) is 22.8 Å². The van der Waals surface area contributed by atoms with E-state index >= 15 is 0 Å². The minimum Gasteiger partial charge on any atom is -0.489 e. The number of rotatable bonds is 7. The standard InChI is InChI=1S/C30H24Cl3NO5/c1-36-30(35)18-8-11-25-17(13-18)7-12-26(38-25)20-10-9-19(14-24(20)33)37-15-21-28(34-39-29(21)16-5-6-16)27-22(31)3-2-4-23(27)32/h2-4,8-11,13-14,16,26H,5-7,12,15H2,1H3/t26-/m1/s1. The second kappa shape index (κ2) is 10.8. The summed E-state index contributed by atoms with van der Waals surface area (Å²) in [6.45, 7) is 0.234. The number of halogens is 3. The normalized spacial score (nSPS) is 16.4. The van der Waals surface area contributed by atoms with E-state index in [9.17, 15) is 4.79 Å². The maximum absolute atomic E-state index is 11.9. The Morgan fingerprint density at radius 2 is 1.79 bits per heavy atom. The Bertz CT molecular complexity index is 1540. The van der Waals surface area contributed by atoms with E-state index in [0.717, 1.165) is 53.9 Å². The zero-order valence-corrected chi connectivity index (χ0v) is 23.3. The van der Waals surface area contributed by atoms with Crippen molar-refractivity contribution in [3.05, 3.63) is 97.7 Å². The van der Waals surface area contributed by atoms with Gasteiger partial charge in [0, 0.05) is 17.0 Å². The average molecular weight is 585 g/mol. The van der Waals surface area contributed by atoms with Crippen molar-refractivity contribution in [1.29, 1.82) is 0 Å². The highest BCUT2D eigenvalue weighted by atomic mass is 35.5. The lowest BCUT2D eigenvalue weighted by Crippen LogP contribution is -2.16. The third-order valence-corrected chi connectivity index (χ3v) is 8.05. The molecule has 1 atom stereocenters. The first kappa shape index (κ1) is 26.1. The summed E-state index contributed by atoms with van der Waals surface area (Å²) in [6, 6.07) is 16.3. The molecule has 0 bridgehead atoms. The van der Waals surface area contributed by atoms with Gasteiger partial charge >= 0.3 is 5.97 Å². The van der Waals surface area contributed by atoms with Gasteiger partial charge in [-0.05, 0) is 73.7 Å². The number of benzene rings is 3. The molecular weight excluding hydrogens is 561 g/mol. The molecule has 6 rings (SSSR count). The highest BCUT2D eigenvalue weighted by Crippen LogP contribution is 2.46. The van der Waals surface area contributed by atoms with Crippen molar-refractivity contribution in [1.82, 2.24) is 5.16 Å². The number of nitrogens with zero attached hydrogens (tertiary/aromatic N) is 1. The van der Waals surface area contributed by atoms with Crippen molar-refractivity contribution >= 4 is 40.8 Å². The Balaban J connectivity index is 1.20. The van der Waals surface area contributed by atoms with E-state index in [2.05, 4.69) is 5.16 Å². The molecule has 0 N–H and O–H groups in total. The molecule has 4 aromatic rings. The number of aromatic nitrogens is 1. The van der Waals surface area contributed by atoms with E-state index in [1.807, 2.05) is 18.2 Å². The van der Waals surface area contributed by atoms with Crippen LogP contribution in [0.3, 0.4) is 0 Å². The van der Waals surface area contributed by atoms with Crippen LogP contribution >= 0.6 is 34.8 Å². The fourth-order valence-corrected chi connectivity index (χ4v) is 5.78. The summed E-state index contributed by atoms with van der Waals surface area (Å²) in [4.78, 5) is 11.9. The van der Waals surface area contributed by atoms with Crippen molar-refractivity contribution in [2.45, 2.75) is 44.3 Å². The molecule has 39 heavy (non-hydrogen) atoms. The molecule has 6 nitrogen and oxygen atoms in total. The second-order valence-corrected chi connectivity index (χ2v) is 10.9. The molecule has 9 heteroatoms. The Labute approximate surface area is 240 Å². The lowest BCUT2D eigenvalue weighted by molar-refractivity contribution is 0.0600. The van der Waals surface area contributed by atoms with Crippen LogP contribution in [0.4, 0.5) is 0 Å². The monoisotopic (exact) mass is 583 g/mol. The minimum atomic E-state index is -0.365. The molecule has 1 aliphatic carbocycles. The first-order chi connectivity index (χ1) is 18.9. The van der Waals surface area contributed by atoms with Crippen LogP contribution in [0.5, 0.6) is 11.5 Å². The van der Waals surface area contributed by atoms with E-state index in [0.29, 0.717) is 43.6 Å². The zero-order valence-electron chi connectivity index (χ0n) is 21.0. The maximum Gasteiger partial charge on any atom is 0.337 e. The summed E-state index contributed by atoms with van der Waals surface area (Å²) in [5, 5.41) is 5.88. The molecule has 1 aliphatic heterocycles. The van der Waals surface area contributed by atoms with Crippen LogP contribution in [-0.4, -0.2) is 18.2 Å². The molecular formula is C30H24Cl3NO5. The van der Waals surface area contributed by atoms with Crippen molar-refractivity contribution in [2.75, 3.05) is 7.11 Å². The van der Waals surface area contributed by atoms with Gasteiger partial charge in [0.1, 0.15) is 35.7 Å². The molecule has 3 aromatic carbocycles. The molecule has 0 spiro atoms. The van der Waals surface area contributed by atoms with Gasteiger partial charge in [-0.15, -0.1) is 0 Å². The molecule has 0 radical (unpaired) electrons. The first-order valence-electron chi connectivity index (χ1n) is 12.7. The van der Waals surface area contributed by atoms with E-state index in [1.165, 1.54) is 7.11 Å². The number of carbonyl (C=O) groups excluding carboxylic acids is 1. The smallest absolute Gasteiger partial charge is 0.337 e. The lowest BCUT2D eigenvalue weighted by Gasteiger charge is -2.27. The summed E-state index contributed by atoms with van der Waals surface area (Å²) in [5.74, 6) is 2.12. The summed E-state index contributed by atoms with van der Waals surface area (Å²) < 4.78 is 23.0. The number of fused-ring (bicyclic) bond motifs is 1. The van der Waals surface area contributed by atoms with E-state index in [1.54, 1.807) is 36.4 Å². The molecule has 2 heterocycles.